The first kappa shape index (κ1) is 17.5. The van der Waals surface area contributed by atoms with E-state index < -0.39 is 0 Å². The molecular formula is C17H33N. The fourth-order valence-corrected chi connectivity index (χ4v) is 2.44. The molecule has 0 aromatic rings. The number of hydrogen-bond acceptors (Lipinski definition) is 1. The van der Waals surface area contributed by atoms with E-state index in [2.05, 4.69) is 19.9 Å². The number of unbranched alkanes of at least 4 members (excludes halogenated alkanes) is 9. The first-order valence-corrected chi connectivity index (χ1v) is 8.24. The minimum absolute atomic E-state index is 0.331. The molecule has 0 aliphatic rings. The average molecular weight is 251 g/mol. The van der Waals surface area contributed by atoms with Crippen molar-refractivity contribution in [2.75, 3.05) is 0 Å². The van der Waals surface area contributed by atoms with Crippen LogP contribution in [0.5, 0.6) is 0 Å². The van der Waals surface area contributed by atoms with Crippen molar-refractivity contribution in [1.29, 1.82) is 5.26 Å². The molecule has 0 N–H and O–H groups in total. The summed E-state index contributed by atoms with van der Waals surface area (Å²) in [6, 6.07) is 2.50. The molecule has 18 heavy (non-hydrogen) atoms. The van der Waals surface area contributed by atoms with Gasteiger partial charge in [0.1, 0.15) is 0 Å². The molecule has 0 aliphatic carbocycles. The summed E-state index contributed by atoms with van der Waals surface area (Å²) >= 11 is 0. The minimum Gasteiger partial charge on any atom is -0.198 e. The van der Waals surface area contributed by atoms with Crippen molar-refractivity contribution < 1.29 is 0 Å². The maximum absolute atomic E-state index is 9.12. The molecule has 0 rings (SSSR count). The van der Waals surface area contributed by atoms with Crippen molar-refractivity contribution in [1.82, 2.24) is 0 Å². The maximum Gasteiger partial charge on any atom is 0.0655 e. The van der Waals surface area contributed by atoms with Crippen LogP contribution in [-0.4, -0.2) is 0 Å². The van der Waals surface area contributed by atoms with E-state index in [1.54, 1.807) is 0 Å². The fraction of sp³-hybridized carbons (Fsp3) is 0.941. The molecule has 106 valence electrons. The number of nitriles is 1. The van der Waals surface area contributed by atoms with E-state index in [-0.39, 0.29) is 0 Å². The summed E-state index contributed by atoms with van der Waals surface area (Å²) < 4.78 is 0. The van der Waals surface area contributed by atoms with E-state index in [4.69, 9.17) is 5.26 Å². The van der Waals surface area contributed by atoms with Crippen LogP contribution in [0.25, 0.3) is 0 Å². The lowest BCUT2D eigenvalue weighted by atomic mass is 9.95. The van der Waals surface area contributed by atoms with Crippen molar-refractivity contribution in [3.63, 3.8) is 0 Å². The summed E-state index contributed by atoms with van der Waals surface area (Å²) in [5.41, 5.74) is 0. The molecule has 1 nitrogen and oxygen atoms in total. The average Bonchev–Trinajstić information content (AvgIpc) is 2.40. The van der Waals surface area contributed by atoms with Gasteiger partial charge in [-0.1, -0.05) is 84.5 Å². The van der Waals surface area contributed by atoms with Crippen molar-refractivity contribution >= 4 is 0 Å². The van der Waals surface area contributed by atoms with E-state index in [1.165, 1.54) is 70.6 Å². The Morgan fingerprint density at radius 1 is 0.667 bits per heavy atom. The smallest absolute Gasteiger partial charge is 0.0655 e. The Balaban J connectivity index is 3.33. The molecular weight excluding hydrogens is 218 g/mol. The standard InChI is InChI=1S/C17H33N/c1-3-5-7-9-11-13-15-17(16-18)14-12-10-8-6-4-2/h17H,3-15H2,1-2H3. The van der Waals surface area contributed by atoms with Crippen LogP contribution in [0, 0.1) is 17.2 Å². The van der Waals surface area contributed by atoms with Crippen LogP contribution >= 0.6 is 0 Å². The van der Waals surface area contributed by atoms with E-state index in [0.29, 0.717) is 5.92 Å². The Labute approximate surface area is 115 Å². The van der Waals surface area contributed by atoms with E-state index in [0.717, 1.165) is 12.8 Å². The second-order valence-corrected chi connectivity index (χ2v) is 5.59. The second-order valence-electron chi connectivity index (χ2n) is 5.59. The molecule has 0 bridgehead atoms. The Bertz CT molecular complexity index is 192. The van der Waals surface area contributed by atoms with Gasteiger partial charge < -0.3 is 0 Å². The lowest BCUT2D eigenvalue weighted by Crippen LogP contribution is -1.97. The van der Waals surface area contributed by atoms with Gasteiger partial charge in [0.2, 0.25) is 0 Å². The molecule has 0 saturated heterocycles. The topological polar surface area (TPSA) is 23.8 Å². The zero-order valence-corrected chi connectivity index (χ0v) is 12.7. The van der Waals surface area contributed by atoms with Gasteiger partial charge in [0.05, 0.1) is 6.07 Å². The van der Waals surface area contributed by atoms with E-state index in [1.807, 2.05) is 0 Å². The fourth-order valence-electron chi connectivity index (χ4n) is 2.44. The molecule has 0 aliphatic heterocycles. The minimum atomic E-state index is 0.331. The predicted octanol–water partition coefficient (Wildman–Crippen LogP) is 6.24. The molecule has 1 heteroatoms. The number of rotatable bonds is 13. The van der Waals surface area contributed by atoms with Crippen molar-refractivity contribution in [2.24, 2.45) is 5.92 Å². The molecule has 0 aromatic heterocycles. The van der Waals surface area contributed by atoms with Gasteiger partial charge in [0.15, 0.2) is 0 Å². The summed E-state index contributed by atoms with van der Waals surface area (Å²) in [7, 11) is 0. The molecule has 0 saturated carbocycles. The highest BCUT2D eigenvalue weighted by molar-refractivity contribution is 4.82. The van der Waals surface area contributed by atoms with Gasteiger partial charge in [-0.25, -0.2) is 0 Å². The molecule has 0 radical (unpaired) electrons. The Kier molecular flexibility index (Phi) is 14.1. The number of nitrogens with zero attached hydrogens (tertiary/aromatic N) is 1. The van der Waals surface area contributed by atoms with Crippen molar-refractivity contribution in [3.8, 4) is 6.07 Å². The molecule has 0 aromatic carbocycles. The summed E-state index contributed by atoms with van der Waals surface area (Å²) in [5, 5.41) is 9.12. The molecule has 0 fully saturated rings. The van der Waals surface area contributed by atoms with Gasteiger partial charge in [-0.3, -0.25) is 0 Å². The SMILES string of the molecule is CCCCCCCCC(C#N)CCCCCCC. The summed E-state index contributed by atoms with van der Waals surface area (Å²) in [6.07, 6.45) is 16.9. The van der Waals surface area contributed by atoms with Crippen LogP contribution in [0.1, 0.15) is 97.3 Å². The number of hydrogen-bond donors (Lipinski definition) is 0. The van der Waals surface area contributed by atoms with Gasteiger partial charge in [-0.05, 0) is 12.8 Å². The first-order valence-electron chi connectivity index (χ1n) is 8.24. The van der Waals surface area contributed by atoms with Crippen molar-refractivity contribution in [3.05, 3.63) is 0 Å². The third kappa shape index (κ3) is 12.0. The lowest BCUT2D eigenvalue weighted by Gasteiger charge is -2.08. The van der Waals surface area contributed by atoms with Crippen LogP contribution in [0.2, 0.25) is 0 Å². The largest absolute Gasteiger partial charge is 0.198 e. The van der Waals surface area contributed by atoms with Crippen LogP contribution in [-0.2, 0) is 0 Å². The van der Waals surface area contributed by atoms with Crippen LogP contribution in [0.4, 0.5) is 0 Å². The van der Waals surface area contributed by atoms with Crippen LogP contribution < -0.4 is 0 Å². The molecule has 1 unspecified atom stereocenters. The molecule has 0 heterocycles. The molecule has 1 atom stereocenters. The van der Waals surface area contributed by atoms with Gasteiger partial charge in [0.25, 0.3) is 0 Å². The highest BCUT2D eigenvalue weighted by atomic mass is 14.3. The summed E-state index contributed by atoms with van der Waals surface area (Å²) in [5.74, 6) is 0.331. The third-order valence-corrected chi connectivity index (χ3v) is 3.74. The molecule has 0 spiro atoms. The first-order chi connectivity index (χ1) is 8.85. The molecule has 0 amide bonds. The zero-order valence-electron chi connectivity index (χ0n) is 12.7. The quantitative estimate of drug-likeness (QED) is 0.355. The summed E-state index contributed by atoms with van der Waals surface area (Å²) in [6.45, 7) is 4.50. The van der Waals surface area contributed by atoms with E-state index >= 15 is 0 Å². The zero-order chi connectivity index (χ0) is 13.5. The van der Waals surface area contributed by atoms with Crippen LogP contribution in [0.3, 0.4) is 0 Å². The normalized spacial score (nSPS) is 12.3. The van der Waals surface area contributed by atoms with Gasteiger partial charge in [-0.2, -0.15) is 5.26 Å². The van der Waals surface area contributed by atoms with Crippen LogP contribution in [0.15, 0.2) is 0 Å². The summed E-state index contributed by atoms with van der Waals surface area (Å²) in [4.78, 5) is 0. The van der Waals surface area contributed by atoms with Gasteiger partial charge >= 0.3 is 0 Å². The van der Waals surface area contributed by atoms with Crippen molar-refractivity contribution in [2.45, 2.75) is 97.3 Å². The highest BCUT2D eigenvalue weighted by Gasteiger charge is 2.06. The van der Waals surface area contributed by atoms with Gasteiger partial charge in [-0.15, -0.1) is 0 Å². The highest BCUT2D eigenvalue weighted by Crippen LogP contribution is 2.18. The maximum atomic E-state index is 9.12. The Morgan fingerprint density at radius 3 is 1.44 bits per heavy atom. The Morgan fingerprint density at radius 2 is 1.06 bits per heavy atom. The van der Waals surface area contributed by atoms with E-state index in [9.17, 15) is 0 Å². The Hall–Kier alpha value is -0.510. The second kappa shape index (κ2) is 14.6. The third-order valence-electron chi connectivity index (χ3n) is 3.74. The monoisotopic (exact) mass is 251 g/mol. The lowest BCUT2D eigenvalue weighted by molar-refractivity contribution is 0.474. The predicted molar refractivity (Wildman–Crippen MR) is 80.5 cm³/mol. The van der Waals surface area contributed by atoms with Gasteiger partial charge in [0, 0.05) is 5.92 Å².